The number of rotatable bonds is 2. The molecule has 118 valence electrons. The first-order chi connectivity index (χ1) is 10.8. The fourth-order valence-electron chi connectivity index (χ4n) is 2.07. The second-order valence-electron chi connectivity index (χ2n) is 6.24. The minimum atomic E-state index is -0.395. The number of carbonyl (C=O) groups is 1. The number of fused-ring (bicyclic) bond motifs is 1. The van der Waals surface area contributed by atoms with Gasteiger partial charge in [0.1, 0.15) is 10.5 Å². The highest BCUT2D eigenvalue weighted by atomic mass is 32.1. The third-order valence-corrected chi connectivity index (χ3v) is 4.67. The number of thiazole rings is 1. The molecule has 0 aliphatic heterocycles. The van der Waals surface area contributed by atoms with Crippen molar-refractivity contribution in [2.45, 2.75) is 26.2 Å². The van der Waals surface area contributed by atoms with Crippen molar-refractivity contribution in [2.24, 2.45) is 0 Å². The first kappa shape index (κ1) is 15.4. The predicted molar refractivity (Wildman–Crippen MR) is 91.3 cm³/mol. The monoisotopic (exact) mass is 328 g/mol. The van der Waals surface area contributed by atoms with Gasteiger partial charge in [0.15, 0.2) is 0 Å². The molecule has 0 saturated heterocycles. The van der Waals surface area contributed by atoms with Gasteiger partial charge in [-0.1, -0.05) is 20.8 Å². The molecule has 0 saturated carbocycles. The standard InChI is InChI=1S/C17H16N2O3S/c1-17(2,3)16-18-9-13(23-16)15(21)19-11-5-6-12-10(8-11)4-7-14(20)22-12/h4-9H,1-3H3,(H,19,21). The zero-order valence-electron chi connectivity index (χ0n) is 13.0. The maximum Gasteiger partial charge on any atom is 0.336 e. The van der Waals surface area contributed by atoms with E-state index < -0.39 is 5.63 Å². The SMILES string of the molecule is CC(C)(C)c1ncc(C(=O)Nc2ccc3oc(=O)ccc3c2)s1. The van der Waals surface area contributed by atoms with Crippen LogP contribution >= 0.6 is 11.3 Å². The smallest absolute Gasteiger partial charge is 0.336 e. The highest BCUT2D eigenvalue weighted by molar-refractivity contribution is 7.13. The average molecular weight is 328 g/mol. The Morgan fingerprint density at radius 1 is 1.22 bits per heavy atom. The van der Waals surface area contributed by atoms with Crippen molar-refractivity contribution in [1.29, 1.82) is 0 Å². The lowest BCUT2D eigenvalue weighted by molar-refractivity contribution is 0.103. The van der Waals surface area contributed by atoms with Gasteiger partial charge in [0.2, 0.25) is 0 Å². The van der Waals surface area contributed by atoms with E-state index >= 15 is 0 Å². The van der Waals surface area contributed by atoms with Crippen LogP contribution in [0.5, 0.6) is 0 Å². The van der Waals surface area contributed by atoms with Crippen LogP contribution in [0.15, 0.2) is 45.7 Å². The summed E-state index contributed by atoms with van der Waals surface area (Å²) in [5.74, 6) is -0.199. The van der Waals surface area contributed by atoms with Crippen LogP contribution in [0.2, 0.25) is 0 Å². The Bertz CT molecular complexity index is 935. The lowest BCUT2D eigenvalue weighted by Crippen LogP contribution is -2.11. The van der Waals surface area contributed by atoms with Crippen LogP contribution in [0.1, 0.15) is 35.5 Å². The molecule has 2 heterocycles. The van der Waals surface area contributed by atoms with Gasteiger partial charge in [-0.25, -0.2) is 9.78 Å². The van der Waals surface area contributed by atoms with Gasteiger partial charge in [-0.15, -0.1) is 11.3 Å². The van der Waals surface area contributed by atoms with Crippen molar-refractivity contribution in [1.82, 2.24) is 4.98 Å². The molecule has 0 aliphatic rings. The molecule has 0 bridgehead atoms. The van der Waals surface area contributed by atoms with Crippen molar-refractivity contribution in [3.05, 3.63) is 56.8 Å². The van der Waals surface area contributed by atoms with Crippen LogP contribution in [-0.4, -0.2) is 10.9 Å². The lowest BCUT2D eigenvalue weighted by Gasteiger charge is -2.13. The molecule has 6 heteroatoms. The van der Waals surface area contributed by atoms with Gasteiger partial charge in [0, 0.05) is 22.6 Å². The van der Waals surface area contributed by atoms with E-state index in [2.05, 4.69) is 31.1 Å². The molecule has 0 atom stereocenters. The van der Waals surface area contributed by atoms with E-state index in [9.17, 15) is 9.59 Å². The van der Waals surface area contributed by atoms with E-state index in [0.29, 0.717) is 16.1 Å². The molecule has 0 radical (unpaired) electrons. The molecule has 0 fully saturated rings. The molecule has 0 spiro atoms. The first-order valence-electron chi connectivity index (χ1n) is 7.14. The van der Waals surface area contributed by atoms with Gasteiger partial charge in [-0.2, -0.15) is 0 Å². The number of hydrogen-bond acceptors (Lipinski definition) is 5. The number of carbonyl (C=O) groups excluding carboxylic acids is 1. The first-order valence-corrected chi connectivity index (χ1v) is 7.96. The number of benzene rings is 1. The maximum absolute atomic E-state index is 12.3. The number of hydrogen-bond donors (Lipinski definition) is 1. The Hall–Kier alpha value is -2.47. The molecule has 0 unspecified atom stereocenters. The predicted octanol–water partition coefficient (Wildman–Crippen LogP) is 3.80. The summed E-state index contributed by atoms with van der Waals surface area (Å²) >= 11 is 1.39. The second kappa shape index (κ2) is 5.62. The van der Waals surface area contributed by atoms with Crippen LogP contribution in [0.25, 0.3) is 11.0 Å². The normalized spacial score (nSPS) is 11.6. The summed E-state index contributed by atoms with van der Waals surface area (Å²) in [6.45, 7) is 6.18. The molecular formula is C17H16N2O3S. The number of amides is 1. The highest BCUT2D eigenvalue weighted by Crippen LogP contribution is 2.27. The summed E-state index contributed by atoms with van der Waals surface area (Å²) in [6.07, 6.45) is 1.60. The van der Waals surface area contributed by atoms with Gasteiger partial charge >= 0.3 is 5.63 Å². The van der Waals surface area contributed by atoms with E-state index in [4.69, 9.17) is 4.42 Å². The van der Waals surface area contributed by atoms with E-state index in [0.717, 1.165) is 10.4 Å². The summed E-state index contributed by atoms with van der Waals surface area (Å²) in [6, 6.07) is 8.16. The van der Waals surface area contributed by atoms with E-state index in [-0.39, 0.29) is 11.3 Å². The van der Waals surface area contributed by atoms with Gasteiger partial charge in [0.05, 0.1) is 11.2 Å². The molecule has 1 N–H and O–H groups in total. The quantitative estimate of drug-likeness (QED) is 0.726. The number of anilines is 1. The zero-order chi connectivity index (χ0) is 16.6. The summed E-state index contributed by atoms with van der Waals surface area (Å²) < 4.78 is 5.07. The highest BCUT2D eigenvalue weighted by Gasteiger charge is 2.20. The Labute approximate surface area is 137 Å². The number of aromatic nitrogens is 1. The van der Waals surface area contributed by atoms with Crippen molar-refractivity contribution < 1.29 is 9.21 Å². The van der Waals surface area contributed by atoms with E-state index in [1.165, 1.54) is 17.4 Å². The zero-order valence-corrected chi connectivity index (χ0v) is 13.9. The van der Waals surface area contributed by atoms with E-state index in [1.54, 1.807) is 30.5 Å². The molecule has 5 nitrogen and oxygen atoms in total. The third kappa shape index (κ3) is 3.32. The summed E-state index contributed by atoms with van der Waals surface area (Å²) in [5, 5.41) is 4.51. The molecule has 3 aromatic rings. The summed E-state index contributed by atoms with van der Waals surface area (Å²) in [4.78, 5) is 28.4. The number of nitrogens with one attached hydrogen (secondary N) is 1. The maximum atomic E-state index is 12.3. The molecular weight excluding hydrogens is 312 g/mol. The van der Waals surface area contributed by atoms with Crippen molar-refractivity contribution in [3.63, 3.8) is 0 Å². The Kier molecular flexibility index (Phi) is 3.77. The summed E-state index contributed by atoms with van der Waals surface area (Å²) in [7, 11) is 0. The Morgan fingerprint density at radius 3 is 2.70 bits per heavy atom. The van der Waals surface area contributed by atoms with Gasteiger partial charge in [-0.3, -0.25) is 4.79 Å². The van der Waals surface area contributed by atoms with Crippen molar-refractivity contribution >= 4 is 33.9 Å². The van der Waals surface area contributed by atoms with Crippen LogP contribution in [0.4, 0.5) is 5.69 Å². The summed E-state index contributed by atoms with van der Waals surface area (Å²) in [5.41, 5.74) is 0.656. The average Bonchev–Trinajstić information content (AvgIpc) is 2.97. The second-order valence-corrected chi connectivity index (χ2v) is 7.27. The molecule has 2 aromatic heterocycles. The topological polar surface area (TPSA) is 72.2 Å². The largest absolute Gasteiger partial charge is 0.423 e. The van der Waals surface area contributed by atoms with Crippen molar-refractivity contribution in [2.75, 3.05) is 5.32 Å². The molecule has 0 aliphatic carbocycles. The van der Waals surface area contributed by atoms with Crippen LogP contribution in [0, 0.1) is 0 Å². The molecule has 1 amide bonds. The van der Waals surface area contributed by atoms with Gasteiger partial charge < -0.3 is 9.73 Å². The molecule has 3 rings (SSSR count). The van der Waals surface area contributed by atoms with Crippen LogP contribution in [-0.2, 0) is 5.41 Å². The minimum absolute atomic E-state index is 0.0797. The third-order valence-electron chi connectivity index (χ3n) is 3.25. The number of nitrogens with zero attached hydrogens (tertiary/aromatic N) is 1. The lowest BCUT2D eigenvalue weighted by atomic mass is 9.98. The van der Waals surface area contributed by atoms with E-state index in [1.807, 2.05) is 0 Å². The molecule has 1 aromatic carbocycles. The van der Waals surface area contributed by atoms with Crippen LogP contribution in [0.3, 0.4) is 0 Å². The van der Waals surface area contributed by atoms with Crippen LogP contribution < -0.4 is 10.9 Å². The Balaban J connectivity index is 1.84. The minimum Gasteiger partial charge on any atom is -0.423 e. The van der Waals surface area contributed by atoms with Gasteiger partial charge in [-0.05, 0) is 24.3 Å². The fourth-order valence-corrected chi connectivity index (χ4v) is 2.94. The van der Waals surface area contributed by atoms with Crippen molar-refractivity contribution in [3.8, 4) is 0 Å². The molecule has 23 heavy (non-hydrogen) atoms. The van der Waals surface area contributed by atoms with Gasteiger partial charge in [0.25, 0.3) is 5.91 Å². The Morgan fingerprint density at radius 2 is 2.00 bits per heavy atom. The fraction of sp³-hybridized carbons (Fsp3) is 0.235.